The van der Waals surface area contributed by atoms with E-state index in [1.54, 1.807) is 12.2 Å². The standard InChI is InChI=1S/C50H68N2O10/c1-29(2)28-60-44(58)15-13-32(12-14-38(55)24-51)46(59)52-25-34-19-31(20-35(34)26-52)18-30-8-10-33(11-9-30)47-61-43-22-40-39-7-5-6-36-21-37(54)16-17-48(36,3)45(39)41(56)23-49(40,4)50(43,62-47)42(57)27-53/h8-11,16-17,21,29,31-32,34-35,39-41,43,45,47,53,56H,5-7,12-15,18-20,22-28,51H2,1-4H3/t31?,32-,34?,35?,39+,40-,41-,43+,45+,47+,48-,49-,50+/m0/s1. The summed E-state index contributed by atoms with van der Waals surface area (Å²) >= 11 is 0. The summed E-state index contributed by atoms with van der Waals surface area (Å²) in [6.45, 7) is 9.17. The second kappa shape index (κ2) is 17.8. The number of benzene rings is 1. The van der Waals surface area contributed by atoms with E-state index in [0.717, 1.165) is 49.7 Å². The summed E-state index contributed by atoms with van der Waals surface area (Å²) in [6.07, 6.45) is 10.9. The van der Waals surface area contributed by atoms with Crippen molar-refractivity contribution in [2.24, 2.45) is 63.9 Å². The Morgan fingerprint density at radius 2 is 1.73 bits per heavy atom. The maximum Gasteiger partial charge on any atom is 0.305 e. The molecule has 2 aliphatic heterocycles. The van der Waals surface area contributed by atoms with Crippen LogP contribution in [0.2, 0.25) is 0 Å². The van der Waals surface area contributed by atoms with E-state index in [4.69, 9.17) is 19.9 Å². The number of aliphatic hydroxyl groups is 2. The highest BCUT2D eigenvalue weighted by Crippen LogP contribution is 2.70. The predicted molar refractivity (Wildman–Crippen MR) is 230 cm³/mol. The SMILES string of the molecule is CC(C)COC(=O)CC[C@H](CCC(=O)CN)C(=O)N1CC2CC(Cc3ccc([C@@H]4O[C@@H]5C[C@H]6[C@H]7CCCC8=CC(=O)C=C[C@]8(C)[C@H]7[C@@H](O)C[C@]6(C)[C@]5(C(=O)CO)O4)cc3)CC2C1. The van der Waals surface area contributed by atoms with E-state index in [1.165, 1.54) is 5.56 Å². The number of carbonyl (C=O) groups excluding carboxylic acids is 5. The lowest BCUT2D eigenvalue weighted by atomic mass is 9.49. The minimum Gasteiger partial charge on any atom is -0.465 e. The molecule has 1 aromatic carbocycles. The van der Waals surface area contributed by atoms with Crippen LogP contribution in [0.4, 0.5) is 0 Å². The number of nitrogens with two attached hydrogens (primary N) is 1. The Morgan fingerprint density at radius 3 is 2.40 bits per heavy atom. The van der Waals surface area contributed by atoms with Crippen LogP contribution in [-0.4, -0.2) is 95.0 Å². The van der Waals surface area contributed by atoms with Crippen molar-refractivity contribution in [3.8, 4) is 0 Å². The average Bonchev–Trinajstić information content (AvgIpc) is 3.97. The molecule has 5 aliphatic carbocycles. The van der Waals surface area contributed by atoms with Crippen LogP contribution in [0.5, 0.6) is 0 Å². The van der Waals surface area contributed by atoms with Gasteiger partial charge in [-0.2, -0.15) is 0 Å². The molecule has 12 atom stereocenters. The number of rotatable bonds is 15. The lowest BCUT2D eigenvalue weighted by Gasteiger charge is -2.56. The quantitative estimate of drug-likeness (QED) is 0.187. The predicted octanol–water partition coefficient (Wildman–Crippen LogP) is 5.61. The molecule has 1 aromatic rings. The lowest BCUT2D eigenvalue weighted by molar-refractivity contribution is -0.198. The summed E-state index contributed by atoms with van der Waals surface area (Å²) in [5, 5.41) is 22.5. The first kappa shape index (κ1) is 45.0. The fourth-order valence-electron chi connectivity index (χ4n) is 13.7. The number of aliphatic hydroxyl groups excluding tert-OH is 2. The van der Waals surface area contributed by atoms with E-state index in [0.29, 0.717) is 63.1 Å². The summed E-state index contributed by atoms with van der Waals surface area (Å²) < 4.78 is 18.9. The fraction of sp³-hybridized carbons (Fsp3) is 0.700. The van der Waals surface area contributed by atoms with Gasteiger partial charge < -0.3 is 35.1 Å². The fourth-order valence-corrected chi connectivity index (χ4v) is 13.7. The number of nitrogens with zero attached hydrogens (tertiary/aromatic N) is 1. The Hall–Kier alpha value is -3.55. The third-order valence-electron chi connectivity index (χ3n) is 16.6. The van der Waals surface area contributed by atoms with E-state index >= 15 is 0 Å². The highest BCUT2D eigenvalue weighted by Gasteiger charge is 2.75. The molecule has 2 heterocycles. The molecule has 7 aliphatic rings. The summed E-state index contributed by atoms with van der Waals surface area (Å²) in [5.41, 5.74) is 6.03. The van der Waals surface area contributed by atoms with Gasteiger partial charge in [-0.05, 0) is 117 Å². The van der Waals surface area contributed by atoms with Gasteiger partial charge in [0.05, 0.1) is 25.4 Å². The maximum absolute atomic E-state index is 14.0. The first-order valence-electron chi connectivity index (χ1n) is 23.4. The van der Waals surface area contributed by atoms with Crippen LogP contribution in [0, 0.1) is 58.2 Å². The van der Waals surface area contributed by atoms with Crippen molar-refractivity contribution in [3.05, 3.63) is 59.2 Å². The first-order valence-corrected chi connectivity index (χ1v) is 23.4. The van der Waals surface area contributed by atoms with Crippen LogP contribution in [-0.2, 0) is 44.6 Å². The van der Waals surface area contributed by atoms with Gasteiger partial charge in [0.15, 0.2) is 23.5 Å². The van der Waals surface area contributed by atoms with E-state index in [2.05, 4.69) is 26.0 Å². The number of ether oxygens (including phenoxy) is 3. The van der Waals surface area contributed by atoms with Crippen LogP contribution in [0.15, 0.2) is 48.1 Å². The molecule has 1 amide bonds. The molecule has 0 radical (unpaired) electrons. The number of Topliss-reactive ketones (excluding diaryl/α,β-unsaturated/α-hetero) is 2. The zero-order valence-corrected chi connectivity index (χ0v) is 37.1. The van der Waals surface area contributed by atoms with E-state index in [1.807, 2.05) is 37.0 Å². The van der Waals surface area contributed by atoms with Gasteiger partial charge in [0, 0.05) is 54.2 Å². The van der Waals surface area contributed by atoms with E-state index < -0.39 is 53.2 Å². The third-order valence-corrected chi connectivity index (χ3v) is 16.6. The van der Waals surface area contributed by atoms with Crippen molar-refractivity contribution in [2.75, 3.05) is 32.8 Å². The average molecular weight is 857 g/mol. The molecule has 12 heteroatoms. The first-order chi connectivity index (χ1) is 29.6. The number of allylic oxidation sites excluding steroid dienone is 4. The second-order valence-electron chi connectivity index (χ2n) is 20.8. The van der Waals surface area contributed by atoms with Crippen LogP contribution in [0.3, 0.4) is 0 Å². The van der Waals surface area contributed by atoms with Gasteiger partial charge in [-0.3, -0.25) is 24.0 Å². The monoisotopic (exact) mass is 856 g/mol. The molecule has 4 N–H and O–H groups in total. The van der Waals surface area contributed by atoms with Crippen LogP contribution in [0.1, 0.15) is 116 Å². The number of ketones is 3. The van der Waals surface area contributed by atoms with Gasteiger partial charge in [0.25, 0.3) is 0 Å². The number of hydrogen-bond acceptors (Lipinski definition) is 11. The number of likely N-dealkylation sites (tertiary alicyclic amines) is 1. The Kier molecular flexibility index (Phi) is 12.9. The van der Waals surface area contributed by atoms with Gasteiger partial charge in [-0.1, -0.05) is 63.6 Å². The van der Waals surface area contributed by atoms with E-state index in [-0.39, 0.29) is 66.5 Å². The minimum absolute atomic E-state index is 0.00573. The number of amides is 1. The maximum atomic E-state index is 14.0. The molecule has 338 valence electrons. The van der Waals surface area contributed by atoms with Gasteiger partial charge in [-0.25, -0.2) is 0 Å². The molecule has 8 rings (SSSR count). The second-order valence-corrected chi connectivity index (χ2v) is 20.8. The van der Waals surface area contributed by atoms with Gasteiger partial charge in [0.2, 0.25) is 5.91 Å². The topological polar surface area (TPSA) is 183 Å². The molecule has 0 bridgehead atoms. The molecule has 2 unspecified atom stereocenters. The molecule has 12 nitrogen and oxygen atoms in total. The van der Waals surface area contributed by atoms with Gasteiger partial charge >= 0.3 is 5.97 Å². The molecular weight excluding hydrogens is 789 g/mol. The van der Waals surface area contributed by atoms with Gasteiger partial charge in [-0.15, -0.1) is 0 Å². The highest BCUT2D eigenvalue weighted by atomic mass is 16.7. The normalized spacial score (nSPS) is 37.5. The van der Waals surface area contributed by atoms with E-state index in [9.17, 15) is 34.2 Å². The van der Waals surface area contributed by atoms with Crippen LogP contribution < -0.4 is 5.73 Å². The van der Waals surface area contributed by atoms with Crippen molar-refractivity contribution in [2.45, 2.75) is 129 Å². The summed E-state index contributed by atoms with van der Waals surface area (Å²) in [4.78, 5) is 66.7. The van der Waals surface area contributed by atoms with Crippen molar-refractivity contribution >= 4 is 29.2 Å². The molecule has 6 fully saturated rings. The third kappa shape index (κ3) is 8.09. The molecular formula is C50H68N2O10. The Labute approximate surface area is 366 Å². The number of esters is 1. The van der Waals surface area contributed by atoms with Crippen molar-refractivity contribution in [3.63, 3.8) is 0 Å². The summed E-state index contributed by atoms with van der Waals surface area (Å²) in [5.74, 6) is 0.333. The zero-order chi connectivity index (χ0) is 44.1. The van der Waals surface area contributed by atoms with Crippen LogP contribution in [0.25, 0.3) is 0 Å². The zero-order valence-electron chi connectivity index (χ0n) is 37.1. The summed E-state index contributed by atoms with van der Waals surface area (Å²) in [7, 11) is 0. The van der Waals surface area contributed by atoms with Crippen molar-refractivity contribution in [1.82, 2.24) is 4.90 Å². The van der Waals surface area contributed by atoms with Crippen molar-refractivity contribution < 1.29 is 48.4 Å². The smallest absolute Gasteiger partial charge is 0.305 e. The summed E-state index contributed by atoms with van der Waals surface area (Å²) in [6, 6.07) is 8.26. The number of carbonyl (C=O) groups is 5. The minimum atomic E-state index is -1.40. The van der Waals surface area contributed by atoms with Crippen LogP contribution >= 0.6 is 0 Å². The molecule has 0 spiro atoms. The largest absolute Gasteiger partial charge is 0.465 e. The molecule has 0 aromatic heterocycles. The lowest BCUT2D eigenvalue weighted by Crippen LogP contribution is -2.62. The molecule has 2 saturated heterocycles. The molecule has 4 saturated carbocycles. The Morgan fingerprint density at radius 1 is 1.02 bits per heavy atom. The number of fused-ring (bicyclic) bond motifs is 8. The molecule has 62 heavy (non-hydrogen) atoms. The van der Waals surface area contributed by atoms with Gasteiger partial charge in [0.1, 0.15) is 12.4 Å². The van der Waals surface area contributed by atoms with Crippen molar-refractivity contribution in [1.29, 1.82) is 0 Å². The Bertz CT molecular complexity index is 1950. The Balaban J connectivity index is 0.889. The number of hydrogen-bond donors (Lipinski definition) is 3. The highest BCUT2D eigenvalue weighted by molar-refractivity contribution is 6.01.